The Kier molecular flexibility index (Phi) is 4.46. The van der Waals surface area contributed by atoms with Gasteiger partial charge in [-0.2, -0.15) is 10.4 Å². The topological polar surface area (TPSA) is 123 Å². The monoisotopic (exact) mass is 280 g/mol. The van der Waals surface area contributed by atoms with Crippen LogP contribution in [0.1, 0.15) is 11.1 Å². The highest BCUT2D eigenvalue weighted by Crippen LogP contribution is 2.22. The summed E-state index contributed by atoms with van der Waals surface area (Å²) in [6, 6.07) is 12.3. The highest BCUT2D eigenvalue weighted by atomic mass is 16.5. The van der Waals surface area contributed by atoms with Gasteiger partial charge in [0.1, 0.15) is 17.4 Å². The molecule has 2 rings (SSSR count). The lowest BCUT2D eigenvalue weighted by molar-refractivity contribution is 0.461. The maximum Gasteiger partial charge on any atom is 0.237 e. The Morgan fingerprint density at radius 1 is 1.24 bits per heavy atom. The first kappa shape index (κ1) is 14.0. The van der Waals surface area contributed by atoms with Crippen molar-refractivity contribution in [1.29, 1.82) is 5.26 Å². The van der Waals surface area contributed by atoms with Crippen LogP contribution in [0.5, 0.6) is 11.6 Å². The fourth-order valence-electron chi connectivity index (χ4n) is 1.45. The summed E-state index contributed by atoms with van der Waals surface area (Å²) in [4.78, 5) is 4.02. The third-order valence-corrected chi connectivity index (χ3v) is 2.37. The summed E-state index contributed by atoms with van der Waals surface area (Å²) in [5, 5.41) is 16.2. The average Bonchev–Trinajstić information content (AvgIpc) is 2.49. The van der Waals surface area contributed by atoms with Crippen LogP contribution in [0.15, 0.2) is 52.8 Å². The first-order valence-corrected chi connectivity index (χ1v) is 5.94. The highest BCUT2D eigenvalue weighted by Gasteiger charge is 2.04. The van der Waals surface area contributed by atoms with Crippen LogP contribution in [0.25, 0.3) is 0 Å². The molecule has 0 bridgehead atoms. The standard InChI is InChI=1S/C14H12N6O/c15-8-11-2-1-7-18-13(11)21-12-5-3-10(4-6-12)9-19-20-14(16)17/h1-7,9H,(H4,16,17,20). The van der Waals surface area contributed by atoms with Crippen LogP contribution in [0.3, 0.4) is 0 Å². The van der Waals surface area contributed by atoms with Gasteiger partial charge in [-0.15, -0.1) is 5.10 Å². The maximum absolute atomic E-state index is 8.96. The maximum atomic E-state index is 8.96. The molecular weight excluding hydrogens is 268 g/mol. The van der Waals surface area contributed by atoms with Crippen LogP contribution in [0, 0.1) is 11.3 Å². The lowest BCUT2D eigenvalue weighted by Crippen LogP contribution is -2.21. The SMILES string of the molecule is N#Cc1cccnc1Oc1ccc(C=NN=C(N)N)cc1. The number of pyridine rings is 1. The molecule has 0 aliphatic carbocycles. The molecule has 0 unspecified atom stereocenters. The lowest BCUT2D eigenvalue weighted by Gasteiger charge is -2.05. The summed E-state index contributed by atoms with van der Waals surface area (Å²) >= 11 is 0. The summed E-state index contributed by atoms with van der Waals surface area (Å²) < 4.78 is 5.55. The van der Waals surface area contributed by atoms with Crippen LogP contribution in [-0.4, -0.2) is 17.2 Å². The predicted molar refractivity (Wildman–Crippen MR) is 78.9 cm³/mol. The predicted octanol–water partition coefficient (Wildman–Crippen LogP) is 1.35. The van der Waals surface area contributed by atoms with Crippen molar-refractivity contribution >= 4 is 12.2 Å². The molecule has 0 saturated heterocycles. The summed E-state index contributed by atoms with van der Waals surface area (Å²) in [5.74, 6) is 0.719. The van der Waals surface area contributed by atoms with Crippen molar-refractivity contribution in [3.05, 3.63) is 53.7 Å². The van der Waals surface area contributed by atoms with Gasteiger partial charge in [0.2, 0.25) is 11.8 Å². The van der Waals surface area contributed by atoms with Crippen LogP contribution in [-0.2, 0) is 0 Å². The number of nitrogens with zero attached hydrogens (tertiary/aromatic N) is 4. The van der Waals surface area contributed by atoms with Crippen LogP contribution in [0.2, 0.25) is 0 Å². The quantitative estimate of drug-likeness (QED) is 0.497. The molecule has 2 aromatic rings. The third kappa shape index (κ3) is 4.04. The summed E-state index contributed by atoms with van der Waals surface area (Å²) in [6.45, 7) is 0. The van der Waals surface area contributed by atoms with E-state index in [-0.39, 0.29) is 11.8 Å². The fraction of sp³-hybridized carbons (Fsp3) is 0. The van der Waals surface area contributed by atoms with Gasteiger partial charge < -0.3 is 16.2 Å². The second-order valence-corrected chi connectivity index (χ2v) is 3.91. The first-order chi connectivity index (χ1) is 10.2. The van der Waals surface area contributed by atoms with E-state index in [0.717, 1.165) is 5.56 Å². The Morgan fingerprint density at radius 2 is 2.00 bits per heavy atom. The molecule has 1 heterocycles. The van der Waals surface area contributed by atoms with Crippen molar-refractivity contribution < 1.29 is 4.74 Å². The van der Waals surface area contributed by atoms with E-state index in [4.69, 9.17) is 21.5 Å². The number of hydrogen-bond acceptors (Lipinski definition) is 5. The lowest BCUT2D eigenvalue weighted by atomic mass is 10.2. The number of nitriles is 1. The van der Waals surface area contributed by atoms with Crippen molar-refractivity contribution in [2.75, 3.05) is 0 Å². The zero-order valence-electron chi connectivity index (χ0n) is 11.0. The second-order valence-electron chi connectivity index (χ2n) is 3.91. The van der Waals surface area contributed by atoms with E-state index in [1.165, 1.54) is 6.21 Å². The molecule has 1 aromatic carbocycles. The van der Waals surface area contributed by atoms with E-state index >= 15 is 0 Å². The van der Waals surface area contributed by atoms with Crippen LogP contribution >= 0.6 is 0 Å². The number of hydrogen-bond donors (Lipinski definition) is 2. The minimum atomic E-state index is -0.106. The number of guanidine groups is 1. The molecule has 1 aromatic heterocycles. The van der Waals surface area contributed by atoms with Gasteiger partial charge in [-0.05, 0) is 42.0 Å². The zero-order chi connectivity index (χ0) is 15.1. The van der Waals surface area contributed by atoms with E-state index in [2.05, 4.69) is 15.2 Å². The number of benzene rings is 1. The smallest absolute Gasteiger partial charge is 0.237 e. The summed E-state index contributed by atoms with van der Waals surface area (Å²) in [7, 11) is 0. The molecular formula is C14H12N6O. The Labute approximate surface area is 121 Å². The van der Waals surface area contributed by atoms with Gasteiger partial charge in [0.25, 0.3) is 0 Å². The molecule has 0 radical (unpaired) electrons. The second kappa shape index (κ2) is 6.68. The zero-order valence-corrected chi connectivity index (χ0v) is 11.0. The van der Waals surface area contributed by atoms with E-state index in [1.807, 2.05) is 6.07 Å². The number of rotatable bonds is 4. The van der Waals surface area contributed by atoms with E-state index < -0.39 is 0 Å². The molecule has 0 amide bonds. The Bertz CT molecular complexity index is 711. The molecule has 104 valence electrons. The van der Waals surface area contributed by atoms with E-state index in [9.17, 15) is 0 Å². The van der Waals surface area contributed by atoms with Crippen LogP contribution < -0.4 is 16.2 Å². The van der Waals surface area contributed by atoms with Gasteiger partial charge in [0.05, 0.1) is 6.21 Å². The molecule has 0 aliphatic heterocycles. The van der Waals surface area contributed by atoms with Gasteiger partial charge in [-0.25, -0.2) is 4.98 Å². The highest BCUT2D eigenvalue weighted by molar-refractivity contribution is 5.81. The van der Waals surface area contributed by atoms with Crippen molar-refractivity contribution in [3.8, 4) is 17.7 Å². The Hall–Kier alpha value is -3.40. The van der Waals surface area contributed by atoms with Crippen molar-refractivity contribution in [2.45, 2.75) is 0 Å². The molecule has 0 atom stereocenters. The van der Waals surface area contributed by atoms with Crippen molar-refractivity contribution in [3.63, 3.8) is 0 Å². The van der Waals surface area contributed by atoms with E-state index in [1.54, 1.807) is 42.6 Å². The number of nitrogens with two attached hydrogens (primary N) is 2. The third-order valence-electron chi connectivity index (χ3n) is 2.37. The van der Waals surface area contributed by atoms with E-state index in [0.29, 0.717) is 11.3 Å². The summed E-state index contributed by atoms with van der Waals surface area (Å²) in [6.07, 6.45) is 3.07. The number of ether oxygens (including phenoxy) is 1. The van der Waals surface area contributed by atoms with Gasteiger partial charge in [-0.1, -0.05) is 0 Å². The Morgan fingerprint density at radius 3 is 2.67 bits per heavy atom. The fourth-order valence-corrected chi connectivity index (χ4v) is 1.45. The Balaban J connectivity index is 2.11. The van der Waals surface area contributed by atoms with Gasteiger partial charge in [-0.3, -0.25) is 0 Å². The molecule has 7 nitrogen and oxygen atoms in total. The van der Waals surface area contributed by atoms with Crippen molar-refractivity contribution in [1.82, 2.24) is 4.98 Å². The summed E-state index contributed by atoms with van der Waals surface area (Å²) in [5.41, 5.74) is 11.5. The molecule has 7 heteroatoms. The van der Waals surface area contributed by atoms with Crippen LogP contribution in [0.4, 0.5) is 0 Å². The molecule has 0 aliphatic rings. The molecule has 0 fully saturated rings. The molecule has 0 saturated carbocycles. The molecule has 0 spiro atoms. The minimum Gasteiger partial charge on any atom is -0.438 e. The first-order valence-electron chi connectivity index (χ1n) is 5.94. The average molecular weight is 280 g/mol. The van der Waals surface area contributed by atoms with Gasteiger partial charge >= 0.3 is 0 Å². The minimum absolute atomic E-state index is 0.106. The largest absolute Gasteiger partial charge is 0.438 e. The van der Waals surface area contributed by atoms with Gasteiger partial charge in [0.15, 0.2) is 0 Å². The molecule has 21 heavy (non-hydrogen) atoms. The van der Waals surface area contributed by atoms with Gasteiger partial charge in [0, 0.05) is 6.20 Å². The number of aromatic nitrogens is 1. The van der Waals surface area contributed by atoms with Crippen molar-refractivity contribution in [2.24, 2.45) is 21.7 Å². The molecule has 4 N–H and O–H groups in total. The normalized spacial score (nSPS) is 10.0.